The zero-order valence-corrected chi connectivity index (χ0v) is 18.8. The van der Waals surface area contributed by atoms with Crippen LogP contribution in [0.2, 0.25) is 0 Å². The summed E-state index contributed by atoms with van der Waals surface area (Å²) in [5.74, 6) is 0.408. The van der Waals surface area contributed by atoms with Crippen molar-refractivity contribution in [3.63, 3.8) is 0 Å². The molecule has 0 spiro atoms. The van der Waals surface area contributed by atoms with Crippen molar-refractivity contribution in [2.24, 2.45) is 5.73 Å². The number of nitrogens with two attached hydrogens (primary N) is 1. The van der Waals surface area contributed by atoms with Crippen molar-refractivity contribution in [2.45, 2.75) is 19.9 Å². The van der Waals surface area contributed by atoms with Gasteiger partial charge >= 0.3 is 0 Å². The molecule has 0 amide bonds. The Morgan fingerprint density at radius 3 is 2.72 bits per heavy atom. The van der Waals surface area contributed by atoms with Gasteiger partial charge in [0.1, 0.15) is 5.69 Å². The molecule has 2 aromatic carbocycles. The van der Waals surface area contributed by atoms with Crippen LogP contribution in [0.5, 0.6) is 11.5 Å². The van der Waals surface area contributed by atoms with E-state index >= 15 is 0 Å². The molecule has 3 heterocycles. The van der Waals surface area contributed by atoms with E-state index in [0.29, 0.717) is 34.8 Å². The minimum atomic E-state index is -0.833. The van der Waals surface area contributed by atoms with Gasteiger partial charge in [-0.25, -0.2) is 4.98 Å². The van der Waals surface area contributed by atoms with Gasteiger partial charge in [0.05, 0.1) is 11.0 Å². The van der Waals surface area contributed by atoms with Crippen LogP contribution in [0.4, 0.5) is 0 Å². The van der Waals surface area contributed by atoms with Crippen LogP contribution in [0.1, 0.15) is 13.3 Å². The largest absolute Gasteiger partial charge is 0.481 e. The number of halogens is 1. The fourth-order valence-electron chi connectivity index (χ4n) is 3.56. The van der Waals surface area contributed by atoms with Gasteiger partial charge in [-0.1, -0.05) is 15.9 Å². The third-order valence-corrected chi connectivity index (χ3v) is 5.38. The second-order valence-corrected chi connectivity index (χ2v) is 8.11. The minimum Gasteiger partial charge on any atom is -0.481 e. The van der Waals surface area contributed by atoms with Crippen LogP contribution in [0.25, 0.3) is 33.2 Å². The number of carbonyl (C=O) groups is 1. The zero-order chi connectivity index (χ0) is 22.8. The van der Waals surface area contributed by atoms with Crippen LogP contribution in [0.3, 0.4) is 0 Å². The van der Waals surface area contributed by atoms with Gasteiger partial charge < -0.3 is 29.9 Å². The Bertz CT molecular complexity index is 1370. The first kappa shape index (κ1) is 21.8. The number of carboxylic acid groups (broad SMARTS) is 1. The molecule has 166 valence electrons. The topological polar surface area (TPSA) is 132 Å². The Balaban J connectivity index is 0.000000567. The number of fused-ring (bicyclic) bond motifs is 3. The van der Waals surface area contributed by atoms with E-state index in [1.807, 2.05) is 24.4 Å². The first-order chi connectivity index (χ1) is 15.4. The normalized spacial score (nSPS) is 12.1. The van der Waals surface area contributed by atoms with Crippen molar-refractivity contribution in [3.8, 4) is 22.8 Å². The van der Waals surface area contributed by atoms with E-state index in [1.165, 1.54) is 0 Å². The molecule has 5 rings (SSSR count). The summed E-state index contributed by atoms with van der Waals surface area (Å²) in [7, 11) is 0. The number of carboxylic acids is 1. The van der Waals surface area contributed by atoms with Crippen LogP contribution in [0.15, 0.2) is 45.8 Å². The predicted molar refractivity (Wildman–Crippen MR) is 124 cm³/mol. The molecule has 0 fully saturated rings. The summed E-state index contributed by atoms with van der Waals surface area (Å²) in [5.41, 5.74) is 8.91. The van der Waals surface area contributed by atoms with Gasteiger partial charge in [-0.05, 0) is 31.2 Å². The number of aryl methyl sites for hydroxylation is 1. The fourth-order valence-corrected chi connectivity index (χ4v) is 3.92. The third kappa shape index (κ3) is 4.32. The van der Waals surface area contributed by atoms with E-state index in [-0.39, 0.29) is 12.4 Å². The van der Waals surface area contributed by atoms with Crippen molar-refractivity contribution in [2.75, 3.05) is 13.3 Å². The third-order valence-electron chi connectivity index (χ3n) is 4.89. The first-order valence-electron chi connectivity index (χ1n) is 9.89. The predicted octanol–water partition coefficient (Wildman–Crippen LogP) is 3.48. The molecule has 0 saturated carbocycles. The molecular formula is C22H21BrN4O5. The van der Waals surface area contributed by atoms with E-state index in [2.05, 4.69) is 30.5 Å². The highest BCUT2D eigenvalue weighted by molar-refractivity contribution is 9.10. The van der Waals surface area contributed by atoms with Gasteiger partial charge in [-0.2, -0.15) is 0 Å². The van der Waals surface area contributed by atoms with E-state index < -0.39 is 5.97 Å². The van der Waals surface area contributed by atoms with Crippen molar-refractivity contribution in [3.05, 3.63) is 51.4 Å². The summed E-state index contributed by atoms with van der Waals surface area (Å²) in [6, 6.07) is 9.57. The monoisotopic (exact) mass is 500 g/mol. The number of nitrogens with zero attached hydrogens (tertiary/aromatic N) is 2. The number of nitrogens with one attached hydrogen (secondary N) is 1. The quantitative estimate of drug-likeness (QED) is 0.390. The highest BCUT2D eigenvalue weighted by Crippen LogP contribution is 2.36. The molecule has 4 aromatic rings. The number of ether oxygens (including phenoxy) is 2. The van der Waals surface area contributed by atoms with Gasteiger partial charge in [0, 0.05) is 52.7 Å². The van der Waals surface area contributed by atoms with Gasteiger partial charge in [0.2, 0.25) is 6.79 Å². The Hall–Kier alpha value is -3.37. The molecule has 1 aliphatic rings. The molecule has 4 N–H and O–H groups in total. The van der Waals surface area contributed by atoms with Gasteiger partial charge in [-0.3, -0.25) is 9.59 Å². The van der Waals surface area contributed by atoms with Crippen molar-refractivity contribution < 1.29 is 19.4 Å². The Morgan fingerprint density at radius 1 is 1.28 bits per heavy atom. The van der Waals surface area contributed by atoms with E-state index in [4.69, 9.17) is 25.1 Å². The van der Waals surface area contributed by atoms with Gasteiger partial charge in [0.25, 0.3) is 11.5 Å². The number of aromatic nitrogens is 3. The summed E-state index contributed by atoms with van der Waals surface area (Å²) in [5, 5.41) is 8.38. The van der Waals surface area contributed by atoms with Gasteiger partial charge in [-0.15, -0.1) is 0 Å². The average Bonchev–Trinajstić information content (AvgIpc) is 3.33. The van der Waals surface area contributed by atoms with Crippen LogP contribution < -0.4 is 20.8 Å². The Morgan fingerprint density at radius 2 is 2.00 bits per heavy atom. The summed E-state index contributed by atoms with van der Waals surface area (Å²) in [6.45, 7) is 2.64. The summed E-state index contributed by atoms with van der Waals surface area (Å²) in [6.07, 6.45) is 2.83. The van der Waals surface area contributed by atoms with Crippen LogP contribution in [-0.2, 0) is 11.3 Å². The molecule has 0 radical (unpaired) electrons. The number of benzene rings is 2. The lowest BCUT2D eigenvalue weighted by molar-refractivity contribution is -0.134. The van der Waals surface area contributed by atoms with Gasteiger partial charge in [0.15, 0.2) is 11.5 Å². The number of H-pyrrole nitrogens is 1. The highest BCUT2D eigenvalue weighted by atomic mass is 79.9. The smallest absolute Gasteiger partial charge is 0.300 e. The van der Waals surface area contributed by atoms with Crippen LogP contribution in [0, 0.1) is 0 Å². The fraction of sp³-hybridized carbons (Fsp3) is 0.227. The van der Waals surface area contributed by atoms with Crippen molar-refractivity contribution in [1.29, 1.82) is 0 Å². The Kier molecular flexibility index (Phi) is 6.15. The first-order valence-corrected chi connectivity index (χ1v) is 10.7. The van der Waals surface area contributed by atoms with E-state index in [0.717, 1.165) is 40.8 Å². The lowest BCUT2D eigenvalue weighted by Crippen LogP contribution is -2.11. The second kappa shape index (κ2) is 9.01. The molecule has 10 heteroatoms. The summed E-state index contributed by atoms with van der Waals surface area (Å²) >= 11 is 3.53. The molecule has 0 atom stereocenters. The van der Waals surface area contributed by atoms with Crippen molar-refractivity contribution >= 4 is 43.8 Å². The second-order valence-electron chi connectivity index (χ2n) is 7.20. The molecule has 0 aliphatic carbocycles. The number of rotatable bonds is 4. The molecule has 32 heavy (non-hydrogen) atoms. The molecule has 2 aromatic heterocycles. The zero-order valence-electron chi connectivity index (χ0n) is 17.2. The highest BCUT2D eigenvalue weighted by Gasteiger charge is 2.19. The summed E-state index contributed by atoms with van der Waals surface area (Å²) < 4.78 is 13.9. The SMILES string of the molecule is CC(=O)O.NCCCn1cc(-c2nc3cc4c(cc3[nH]c2=O)OCO4)c2cc(Br)ccc21. The minimum absolute atomic E-state index is 0.172. The number of hydrogen-bond donors (Lipinski definition) is 3. The maximum atomic E-state index is 12.9. The molecule has 1 aliphatic heterocycles. The lowest BCUT2D eigenvalue weighted by atomic mass is 10.1. The van der Waals surface area contributed by atoms with Crippen molar-refractivity contribution in [1.82, 2.24) is 14.5 Å². The number of aliphatic carboxylic acids is 1. The Labute approximate surface area is 190 Å². The molecule has 9 nitrogen and oxygen atoms in total. The maximum Gasteiger partial charge on any atom is 0.300 e. The molecular weight excluding hydrogens is 480 g/mol. The number of aromatic amines is 1. The molecule has 0 unspecified atom stereocenters. The molecule has 0 bridgehead atoms. The van der Waals surface area contributed by atoms with E-state index in [9.17, 15) is 4.79 Å². The molecule has 0 saturated heterocycles. The lowest BCUT2D eigenvalue weighted by Gasteiger charge is -2.04. The van der Waals surface area contributed by atoms with Crippen LogP contribution in [-0.4, -0.2) is 38.9 Å². The maximum absolute atomic E-state index is 12.9. The standard InChI is InChI=1S/C20H17BrN4O3.C2H4O2/c21-11-2-3-16-12(6-11)13(9-25(16)5-1-4-22)19-20(26)24-15-8-18-17(27-10-28-18)7-14(15)23-19;1-2(3)4/h2-3,6-9H,1,4-5,10,22H2,(H,24,26);1H3,(H,3,4). The summed E-state index contributed by atoms with van der Waals surface area (Å²) in [4.78, 5) is 29.4. The number of hydrogen-bond acceptors (Lipinski definition) is 6. The average molecular weight is 501 g/mol. The van der Waals surface area contributed by atoms with Crippen LogP contribution >= 0.6 is 15.9 Å². The van der Waals surface area contributed by atoms with E-state index in [1.54, 1.807) is 12.1 Å².